The van der Waals surface area contributed by atoms with Crippen LogP contribution in [0, 0.1) is 68.5 Å². The number of fused-ring (bicyclic) bond motifs is 10. The van der Waals surface area contributed by atoms with Crippen molar-refractivity contribution >= 4 is 120 Å². The smallest absolute Gasteiger partial charge is 0.306 e. The number of anilines is 2. The molecule has 0 radical (unpaired) electrons. The fourth-order valence-corrected chi connectivity index (χ4v) is 24.9. The predicted octanol–water partition coefficient (Wildman–Crippen LogP) is 25.0. The summed E-state index contributed by atoms with van der Waals surface area (Å²) in [6.07, 6.45) is 19.1. The monoisotopic (exact) mass is 2130 g/mol. The summed E-state index contributed by atoms with van der Waals surface area (Å²) >= 11 is 8.33. The lowest BCUT2D eigenvalue weighted by Crippen LogP contribution is -2.27. The summed E-state index contributed by atoms with van der Waals surface area (Å²) in [5.41, 5.74) is 14.3. The van der Waals surface area contributed by atoms with E-state index in [1.807, 2.05) is 67.6 Å². The maximum atomic E-state index is 11.9. The Morgan fingerprint density at radius 2 is 0.629 bits per heavy atom. The molecule has 20 nitrogen and oxygen atoms in total. The topological polar surface area (TPSA) is 295 Å². The molecule has 7 atom stereocenters. The van der Waals surface area contributed by atoms with Gasteiger partial charge in [-0.05, 0) is 257 Å². The van der Waals surface area contributed by atoms with Gasteiger partial charge in [0.25, 0.3) is 0 Å². The Labute approximate surface area is 776 Å². The molecule has 9 N–H and O–H groups in total. The van der Waals surface area contributed by atoms with Crippen LogP contribution in [0.5, 0.6) is 97.7 Å². The van der Waals surface area contributed by atoms with Crippen LogP contribution < -0.4 is 38.2 Å². The maximum absolute atomic E-state index is 11.9. The molecule has 5 aliphatic heterocycles. The number of benzene rings is 10. The number of hydrogen-bond acceptors (Lipinski definition) is 17. The maximum Gasteiger partial charge on any atom is 0.306 e. The van der Waals surface area contributed by atoms with Gasteiger partial charge in [-0.2, -0.15) is 0 Å². The number of aryl methyl sites for hydroxylation is 1. The number of ether oxygens (including phenoxy) is 6. The van der Waals surface area contributed by atoms with Crippen LogP contribution in [-0.2, 0) is 14.4 Å². The Kier molecular flexibility index (Phi) is 26.6. The van der Waals surface area contributed by atoms with Gasteiger partial charge in [-0.15, -0.1) is 0 Å². The van der Waals surface area contributed by atoms with E-state index in [1.54, 1.807) is 55.6 Å². The Morgan fingerprint density at radius 1 is 0.331 bits per heavy atom. The zero-order chi connectivity index (χ0) is 87.4. The molecule has 0 amide bonds. The molecular weight excluding hydrogens is 2020 g/mol. The Bertz CT molecular complexity index is 5520. The van der Waals surface area contributed by atoms with Gasteiger partial charge in [0.15, 0.2) is 0 Å². The van der Waals surface area contributed by atoms with Crippen LogP contribution >= 0.6 is 90.4 Å². The fraction of sp³-hybridized carbons (Fsp3) is 0.370. The van der Waals surface area contributed by atoms with Crippen LogP contribution in [0.2, 0.25) is 0 Å². The number of phenolic OH excluding ortho intramolecular Hbond substituents is 6. The summed E-state index contributed by atoms with van der Waals surface area (Å²) in [7, 11) is 9.96. The second kappa shape index (κ2) is 37.3. The standard InChI is InChI=1S/C22H28N2O.C21H22O4.C19H14I4O5.C19H18O5.C19H20O3/c1-23(2)16-9-11-18-20(13-16)25-21-14-17(24(3)4)10-12-19(21)22(18)15-7-5-6-8-15;1-12-6-8-16-18(10-12)25-19-11-13(24-2)7-9-17(19)20(16)14-4-3-5-15(14)21(22)23;20-10-4-8-12(6-2-1-3-7(6)19(26)27)9-5-11(21)16(25)14(23)18(9)28-17(8)13(22)15(10)24;20-10-4-6-14-16(8-10)24-17-9-11(21)5-7-15(17)18(14)12-2-1-3-13(12)19(22)23;20-13-6-8-15-17(10-13)22-18-11-14(21)7-9-16(18)19(15)12-4-2-1-3-5-12/h9-15,22H,5-8H2,1-4H3;6-11,14-15,20H,3-5H2,1-2H3,(H,22,23);4-7,12,24-25H,1-3H2,(H,26,27);4-9,12-13,18,20-21H,1-3H2,(H,22,23);6-12,19-21H,1-5H2. The fourth-order valence-electron chi connectivity index (χ4n) is 21.3. The average Bonchev–Trinajstić information content (AvgIpc) is 0.901. The van der Waals surface area contributed by atoms with Gasteiger partial charge >= 0.3 is 17.9 Å². The van der Waals surface area contributed by atoms with Gasteiger partial charge in [0, 0.05) is 167 Å². The van der Waals surface area contributed by atoms with Gasteiger partial charge in [-0.1, -0.05) is 106 Å². The molecular formula is C100H102I4N2O18. The van der Waals surface area contributed by atoms with E-state index in [-0.39, 0.29) is 75.9 Å². The van der Waals surface area contributed by atoms with Crippen molar-refractivity contribution in [3.63, 3.8) is 0 Å². The molecule has 648 valence electrons. The Morgan fingerprint density at radius 3 is 0.976 bits per heavy atom. The molecule has 7 unspecified atom stereocenters. The number of carboxylic acids is 3. The SMILES string of the molecule is CN(C)c1ccc2c(c1)Oc1cc(N(C)C)ccc1C2C1CCCC1.COc1ccc2c(c1)Oc1cc(C)ccc1C2C1CCCC1C(=O)O.O=C(O)C1CCCC1C1c2cc(I)c(O)c(I)c2Oc2c1cc(I)c(O)c2I.O=C(O)C1CCCC1C1c2ccc(O)cc2Oc2cc(O)ccc21.Oc1ccc2c(c1)Oc1cc(O)ccc1C2C1CCCCC1. The van der Waals surface area contributed by atoms with E-state index >= 15 is 0 Å². The van der Waals surface area contributed by atoms with E-state index in [0.29, 0.717) is 79.4 Å². The number of carboxylic acid groups (broad SMARTS) is 3. The van der Waals surface area contributed by atoms with E-state index in [2.05, 4.69) is 177 Å². The highest BCUT2D eigenvalue weighted by atomic mass is 127. The Hall–Kier alpha value is -9.27. The first kappa shape index (κ1) is 88.2. The zero-order valence-corrected chi connectivity index (χ0v) is 78.5. The van der Waals surface area contributed by atoms with Crippen molar-refractivity contribution in [1.82, 2.24) is 0 Å². The Balaban J connectivity index is 0.000000115. The lowest BCUT2D eigenvalue weighted by Gasteiger charge is -2.36. The highest BCUT2D eigenvalue weighted by Crippen LogP contribution is 2.62. The third-order valence-electron chi connectivity index (χ3n) is 27.1. The van der Waals surface area contributed by atoms with Crippen LogP contribution in [0.4, 0.5) is 11.4 Å². The molecule has 10 aromatic carbocycles. The number of rotatable bonds is 11. The zero-order valence-electron chi connectivity index (χ0n) is 69.9. The second-order valence-electron chi connectivity index (χ2n) is 34.9. The molecule has 0 bridgehead atoms. The van der Waals surface area contributed by atoms with Crippen LogP contribution in [0.15, 0.2) is 158 Å². The molecule has 5 heterocycles. The number of aliphatic carboxylic acids is 3. The van der Waals surface area contributed by atoms with Gasteiger partial charge < -0.3 is 84.2 Å². The first-order valence-corrected chi connectivity index (χ1v) is 47.1. The second-order valence-corrected chi connectivity index (χ2v) is 39.4. The van der Waals surface area contributed by atoms with Gasteiger partial charge in [-0.3, -0.25) is 14.4 Å². The molecule has 0 saturated heterocycles. The van der Waals surface area contributed by atoms with E-state index < -0.39 is 29.7 Å². The molecule has 24 heteroatoms. The van der Waals surface area contributed by atoms with Crippen molar-refractivity contribution in [3.05, 3.63) is 233 Å². The van der Waals surface area contributed by atoms with Crippen molar-refractivity contribution in [2.75, 3.05) is 45.1 Å². The quantitative estimate of drug-likeness (QED) is 0.0544. The van der Waals surface area contributed by atoms with Crippen LogP contribution in [0.25, 0.3) is 0 Å². The summed E-state index contributed by atoms with van der Waals surface area (Å²) in [5.74, 6) is 7.51. The van der Waals surface area contributed by atoms with Gasteiger partial charge in [0.2, 0.25) is 0 Å². The van der Waals surface area contributed by atoms with E-state index in [0.717, 1.165) is 130 Å². The molecule has 0 aromatic heterocycles. The molecule has 124 heavy (non-hydrogen) atoms. The summed E-state index contributed by atoms with van der Waals surface area (Å²) in [4.78, 5) is 39.7. The van der Waals surface area contributed by atoms with Crippen molar-refractivity contribution in [1.29, 1.82) is 0 Å². The largest absolute Gasteiger partial charge is 0.508 e. The number of phenols is 6. The van der Waals surface area contributed by atoms with E-state index in [9.17, 15) is 60.3 Å². The van der Waals surface area contributed by atoms with Crippen LogP contribution in [0.3, 0.4) is 0 Å². The van der Waals surface area contributed by atoms with E-state index in [4.69, 9.17) is 28.4 Å². The number of halogens is 4. The van der Waals surface area contributed by atoms with Gasteiger partial charge in [0.05, 0.1) is 39.1 Å². The summed E-state index contributed by atoms with van der Waals surface area (Å²) < 4.78 is 38.5. The molecule has 10 aliphatic rings. The molecule has 20 rings (SSSR count). The van der Waals surface area contributed by atoms with Crippen molar-refractivity contribution < 1.29 is 88.8 Å². The summed E-state index contributed by atoms with van der Waals surface area (Å²) in [5, 5.41) is 89.0. The lowest BCUT2D eigenvalue weighted by atomic mass is 9.72. The number of nitrogens with zero attached hydrogens (tertiary/aromatic N) is 2. The minimum atomic E-state index is -0.761. The first-order valence-electron chi connectivity index (χ1n) is 42.8. The van der Waals surface area contributed by atoms with Gasteiger partial charge in [-0.25, -0.2) is 0 Å². The van der Waals surface area contributed by atoms with Crippen molar-refractivity contribution in [3.8, 4) is 97.7 Å². The minimum Gasteiger partial charge on any atom is -0.508 e. The number of carbonyl (C=O) groups is 3. The lowest BCUT2D eigenvalue weighted by molar-refractivity contribution is -0.144. The first-order chi connectivity index (χ1) is 59.6. The van der Waals surface area contributed by atoms with E-state index in [1.165, 1.54) is 80.3 Å². The highest BCUT2D eigenvalue weighted by Gasteiger charge is 2.48. The third-order valence-corrected chi connectivity index (χ3v) is 30.8. The molecule has 5 saturated carbocycles. The number of aromatic hydroxyl groups is 6. The third kappa shape index (κ3) is 17.7. The van der Waals surface area contributed by atoms with Crippen LogP contribution in [-0.4, -0.2) is 99.2 Å². The highest BCUT2D eigenvalue weighted by molar-refractivity contribution is 14.1. The molecule has 5 fully saturated rings. The van der Waals surface area contributed by atoms with Crippen LogP contribution in [0.1, 0.15) is 206 Å². The summed E-state index contributed by atoms with van der Waals surface area (Å²) in [6.45, 7) is 2.04. The molecule has 5 aliphatic carbocycles. The van der Waals surface area contributed by atoms with Crippen molar-refractivity contribution in [2.45, 2.75) is 152 Å². The summed E-state index contributed by atoms with van der Waals surface area (Å²) in [6, 6.07) is 50.0. The number of hydrogen-bond donors (Lipinski definition) is 9. The number of methoxy groups -OCH3 is 1. The average molecular weight is 2130 g/mol. The minimum absolute atomic E-state index is 0.0296. The normalized spacial score (nSPS) is 20.7. The molecule has 0 spiro atoms. The van der Waals surface area contributed by atoms with Crippen molar-refractivity contribution in [2.24, 2.45) is 47.3 Å². The van der Waals surface area contributed by atoms with Gasteiger partial charge in [0.1, 0.15) is 97.7 Å². The molecule has 10 aromatic rings. The predicted molar refractivity (Wildman–Crippen MR) is 509 cm³/mol.